The minimum Gasteiger partial charge on any atom is -0.368 e. The first kappa shape index (κ1) is 17.8. The standard InChI is InChI=1S/C21H23N3O2S/c1-3-22-10-9-17-19(21(22)26)18(15(2)27-17)20(25)24-13-11-23(12-14-24)16-7-5-4-6-8-16/h4-10H,3,11-14H2,1-2H3. The summed E-state index contributed by atoms with van der Waals surface area (Å²) in [5.41, 5.74) is 1.72. The number of benzene rings is 1. The predicted octanol–water partition coefficient (Wildman–Crippen LogP) is 3.35. The third-order valence-electron chi connectivity index (χ3n) is 5.23. The Bertz CT molecular complexity index is 1030. The molecule has 6 heteroatoms. The minimum atomic E-state index is -0.0642. The van der Waals surface area contributed by atoms with Gasteiger partial charge in [-0.25, -0.2) is 0 Å². The molecule has 0 saturated carbocycles. The molecule has 1 saturated heterocycles. The van der Waals surface area contributed by atoms with Gasteiger partial charge in [-0.1, -0.05) is 18.2 Å². The van der Waals surface area contributed by atoms with Crippen LogP contribution in [0.1, 0.15) is 22.2 Å². The van der Waals surface area contributed by atoms with Gasteiger partial charge >= 0.3 is 0 Å². The summed E-state index contributed by atoms with van der Waals surface area (Å²) in [4.78, 5) is 31.2. The summed E-state index contributed by atoms with van der Waals surface area (Å²) < 4.78 is 2.56. The average Bonchev–Trinajstić information content (AvgIpc) is 3.05. The van der Waals surface area contributed by atoms with Crippen molar-refractivity contribution >= 4 is 33.0 Å². The fourth-order valence-corrected chi connectivity index (χ4v) is 4.78. The molecule has 5 nitrogen and oxygen atoms in total. The molecular formula is C21H23N3O2S. The maximum absolute atomic E-state index is 13.3. The molecule has 0 N–H and O–H groups in total. The smallest absolute Gasteiger partial charge is 0.260 e. The first-order chi connectivity index (χ1) is 13.1. The van der Waals surface area contributed by atoms with Crippen LogP contribution in [0.5, 0.6) is 0 Å². The molecular weight excluding hydrogens is 358 g/mol. The summed E-state index contributed by atoms with van der Waals surface area (Å²) in [6, 6.07) is 12.2. The molecule has 0 spiro atoms. The van der Waals surface area contributed by atoms with Crippen molar-refractivity contribution in [2.24, 2.45) is 0 Å². The van der Waals surface area contributed by atoms with E-state index in [0.29, 0.717) is 30.6 Å². The van der Waals surface area contributed by atoms with E-state index < -0.39 is 0 Å². The van der Waals surface area contributed by atoms with Gasteiger partial charge in [0.15, 0.2) is 0 Å². The van der Waals surface area contributed by atoms with Gasteiger partial charge in [0, 0.05) is 54.2 Å². The van der Waals surface area contributed by atoms with Crippen LogP contribution in [0.2, 0.25) is 0 Å². The maximum atomic E-state index is 13.3. The number of fused-ring (bicyclic) bond motifs is 1. The number of thiophene rings is 1. The van der Waals surface area contributed by atoms with Crippen LogP contribution in [0.4, 0.5) is 5.69 Å². The monoisotopic (exact) mass is 381 g/mol. The third kappa shape index (κ3) is 3.14. The second-order valence-electron chi connectivity index (χ2n) is 6.79. The normalized spacial score (nSPS) is 14.7. The highest BCUT2D eigenvalue weighted by Gasteiger charge is 2.27. The fraction of sp³-hybridized carbons (Fsp3) is 0.333. The van der Waals surface area contributed by atoms with Crippen LogP contribution < -0.4 is 10.5 Å². The van der Waals surface area contributed by atoms with Crippen LogP contribution in [0.25, 0.3) is 10.1 Å². The van der Waals surface area contributed by atoms with Gasteiger partial charge in [0.25, 0.3) is 11.5 Å². The Morgan fingerprint density at radius 2 is 1.78 bits per heavy atom. The summed E-state index contributed by atoms with van der Waals surface area (Å²) in [5.74, 6) is -0.0163. The van der Waals surface area contributed by atoms with Crippen LogP contribution in [0, 0.1) is 6.92 Å². The molecule has 140 valence electrons. The Kier molecular flexibility index (Phi) is 4.74. The van der Waals surface area contributed by atoms with E-state index in [2.05, 4.69) is 17.0 Å². The molecule has 1 aromatic carbocycles. The number of nitrogens with zero attached hydrogens (tertiary/aromatic N) is 3. The number of piperazine rings is 1. The zero-order valence-electron chi connectivity index (χ0n) is 15.6. The highest BCUT2D eigenvalue weighted by molar-refractivity contribution is 7.19. The number of hydrogen-bond acceptors (Lipinski definition) is 4. The van der Waals surface area contributed by atoms with Crippen molar-refractivity contribution in [3.05, 3.63) is 63.4 Å². The Hall–Kier alpha value is -2.60. The molecule has 27 heavy (non-hydrogen) atoms. The number of aryl methyl sites for hydroxylation is 2. The molecule has 3 aromatic rings. The summed E-state index contributed by atoms with van der Waals surface area (Å²) in [5, 5.41) is 0.581. The summed E-state index contributed by atoms with van der Waals surface area (Å²) in [7, 11) is 0. The second kappa shape index (κ2) is 7.19. The Labute approximate surface area is 162 Å². The van der Waals surface area contributed by atoms with E-state index in [-0.39, 0.29) is 11.5 Å². The van der Waals surface area contributed by atoms with Crippen molar-refractivity contribution in [1.82, 2.24) is 9.47 Å². The van der Waals surface area contributed by atoms with E-state index in [1.807, 2.05) is 49.2 Å². The molecule has 3 heterocycles. The van der Waals surface area contributed by atoms with E-state index in [9.17, 15) is 9.59 Å². The lowest BCUT2D eigenvalue weighted by Gasteiger charge is -2.36. The first-order valence-electron chi connectivity index (χ1n) is 9.32. The number of carbonyl (C=O) groups is 1. The van der Waals surface area contributed by atoms with E-state index in [0.717, 1.165) is 22.7 Å². The van der Waals surface area contributed by atoms with Crippen LogP contribution in [0.15, 0.2) is 47.4 Å². The van der Waals surface area contributed by atoms with Crippen molar-refractivity contribution in [2.45, 2.75) is 20.4 Å². The average molecular weight is 382 g/mol. The van der Waals surface area contributed by atoms with Crippen molar-refractivity contribution in [3.63, 3.8) is 0 Å². The lowest BCUT2D eigenvalue weighted by Crippen LogP contribution is -2.49. The Morgan fingerprint density at radius 1 is 1.07 bits per heavy atom. The van der Waals surface area contributed by atoms with E-state index in [1.165, 1.54) is 17.0 Å². The first-order valence-corrected chi connectivity index (χ1v) is 10.1. The molecule has 2 aromatic heterocycles. The van der Waals surface area contributed by atoms with Crippen LogP contribution >= 0.6 is 11.3 Å². The van der Waals surface area contributed by atoms with Crippen molar-refractivity contribution < 1.29 is 4.79 Å². The number of hydrogen-bond donors (Lipinski definition) is 0. The van der Waals surface area contributed by atoms with Gasteiger partial charge in [0.05, 0.1) is 10.9 Å². The van der Waals surface area contributed by atoms with Gasteiger partial charge in [0.1, 0.15) is 0 Å². The largest absolute Gasteiger partial charge is 0.368 e. The fourth-order valence-electron chi connectivity index (χ4n) is 3.74. The molecule has 1 aliphatic rings. The molecule has 1 aliphatic heterocycles. The minimum absolute atomic E-state index is 0.0163. The third-order valence-corrected chi connectivity index (χ3v) is 6.31. The summed E-state index contributed by atoms with van der Waals surface area (Å²) in [6.07, 6.45) is 1.81. The number of carbonyl (C=O) groups excluding carboxylic acids is 1. The SMILES string of the molecule is CCn1ccc2sc(C)c(C(=O)N3CCN(c4ccccc4)CC3)c2c1=O. The number of aromatic nitrogens is 1. The second-order valence-corrected chi connectivity index (χ2v) is 8.05. The molecule has 1 fully saturated rings. The van der Waals surface area contributed by atoms with Gasteiger partial charge in [0.2, 0.25) is 0 Å². The van der Waals surface area contributed by atoms with Crippen LogP contribution in [0.3, 0.4) is 0 Å². The molecule has 0 radical (unpaired) electrons. The molecule has 0 bridgehead atoms. The molecule has 4 rings (SSSR count). The lowest BCUT2D eigenvalue weighted by molar-refractivity contribution is 0.0748. The Balaban J connectivity index is 1.61. The number of anilines is 1. The molecule has 0 unspecified atom stereocenters. The van der Waals surface area contributed by atoms with E-state index in [4.69, 9.17) is 0 Å². The van der Waals surface area contributed by atoms with Gasteiger partial charge in [-0.15, -0.1) is 11.3 Å². The zero-order chi connectivity index (χ0) is 19.0. The maximum Gasteiger partial charge on any atom is 0.260 e. The highest BCUT2D eigenvalue weighted by atomic mass is 32.1. The van der Waals surface area contributed by atoms with Crippen LogP contribution in [-0.4, -0.2) is 41.6 Å². The number of para-hydroxylation sites is 1. The lowest BCUT2D eigenvalue weighted by atomic mass is 10.1. The zero-order valence-corrected chi connectivity index (χ0v) is 16.5. The molecule has 0 aliphatic carbocycles. The summed E-state index contributed by atoms with van der Waals surface area (Å²) >= 11 is 1.53. The predicted molar refractivity (Wildman–Crippen MR) is 111 cm³/mol. The van der Waals surface area contributed by atoms with Gasteiger partial charge in [-0.05, 0) is 32.0 Å². The van der Waals surface area contributed by atoms with Crippen molar-refractivity contribution in [1.29, 1.82) is 0 Å². The topological polar surface area (TPSA) is 45.6 Å². The quantitative estimate of drug-likeness (QED) is 0.699. The Morgan fingerprint density at radius 3 is 2.44 bits per heavy atom. The number of amides is 1. The van der Waals surface area contributed by atoms with Crippen LogP contribution in [-0.2, 0) is 6.54 Å². The number of pyridine rings is 1. The van der Waals surface area contributed by atoms with Crippen molar-refractivity contribution in [3.8, 4) is 0 Å². The van der Waals surface area contributed by atoms with Gasteiger partial charge < -0.3 is 14.4 Å². The molecule has 0 atom stereocenters. The van der Waals surface area contributed by atoms with Gasteiger partial charge in [-0.2, -0.15) is 0 Å². The summed E-state index contributed by atoms with van der Waals surface area (Å²) in [6.45, 7) is 7.42. The van der Waals surface area contributed by atoms with Crippen molar-refractivity contribution in [2.75, 3.05) is 31.1 Å². The van der Waals surface area contributed by atoms with E-state index >= 15 is 0 Å². The highest BCUT2D eigenvalue weighted by Crippen LogP contribution is 2.30. The molecule has 1 amide bonds. The number of rotatable bonds is 3. The van der Waals surface area contributed by atoms with E-state index in [1.54, 1.807) is 4.57 Å². The van der Waals surface area contributed by atoms with Gasteiger partial charge in [-0.3, -0.25) is 9.59 Å².